The van der Waals surface area contributed by atoms with Gasteiger partial charge >= 0.3 is 0 Å². The number of likely N-dealkylation sites (tertiary alicyclic amines) is 1. The van der Waals surface area contributed by atoms with Gasteiger partial charge in [-0.25, -0.2) is 19.9 Å². The summed E-state index contributed by atoms with van der Waals surface area (Å²) in [4.78, 5) is 34.7. The maximum Gasteiger partial charge on any atom is 0.261 e. The standard InChI is InChI=1S/C23H26N6O3/c1-28(2)23-26-12-17(16-10-24-14-25-11-16)21(27-23)15-8-9-29(13-15)22(30)20-18(31-3)6-5-7-19(20)32-4/h5-7,10-12,14-15H,8-9,13H2,1-4H3/t15-/m1/s1. The summed E-state index contributed by atoms with van der Waals surface area (Å²) >= 11 is 0. The Morgan fingerprint density at radius 2 is 1.78 bits per heavy atom. The van der Waals surface area contributed by atoms with Crippen LogP contribution in [0, 0.1) is 0 Å². The average Bonchev–Trinajstić information content (AvgIpc) is 3.33. The largest absolute Gasteiger partial charge is 0.496 e. The van der Waals surface area contributed by atoms with Crippen molar-refractivity contribution in [3.63, 3.8) is 0 Å². The molecule has 4 rings (SSSR count). The summed E-state index contributed by atoms with van der Waals surface area (Å²) in [5.41, 5.74) is 3.06. The SMILES string of the molecule is COc1cccc(OC)c1C(=O)N1CC[C@@H](c2nc(N(C)C)ncc2-c2cncnc2)C1. The fourth-order valence-corrected chi connectivity index (χ4v) is 3.96. The Morgan fingerprint density at radius 1 is 1.09 bits per heavy atom. The summed E-state index contributed by atoms with van der Waals surface area (Å²) in [6, 6.07) is 5.34. The second kappa shape index (κ2) is 9.17. The lowest BCUT2D eigenvalue weighted by molar-refractivity contribution is 0.0783. The van der Waals surface area contributed by atoms with E-state index in [4.69, 9.17) is 14.5 Å². The summed E-state index contributed by atoms with van der Waals surface area (Å²) < 4.78 is 10.9. The molecule has 1 fully saturated rings. The van der Waals surface area contributed by atoms with Gasteiger partial charge in [0.05, 0.1) is 19.9 Å². The normalized spacial score (nSPS) is 15.5. The lowest BCUT2D eigenvalue weighted by Crippen LogP contribution is -2.29. The minimum absolute atomic E-state index is 0.0524. The van der Waals surface area contributed by atoms with Crippen LogP contribution in [0.2, 0.25) is 0 Å². The van der Waals surface area contributed by atoms with E-state index in [1.54, 1.807) is 44.8 Å². The molecular weight excluding hydrogens is 408 g/mol. The number of rotatable bonds is 6. The number of hydrogen-bond donors (Lipinski definition) is 0. The molecular formula is C23H26N6O3. The number of benzene rings is 1. The number of ether oxygens (including phenoxy) is 2. The lowest BCUT2D eigenvalue weighted by Gasteiger charge is -2.21. The predicted octanol–water partition coefficient (Wildman–Crippen LogP) is 2.65. The summed E-state index contributed by atoms with van der Waals surface area (Å²) in [6.07, 6.45) is 7.59. The van der Waals surface area contributed by atoms with Gasteiger partial charge in [-0.1, -0.05) is 6.07 Å². The molecule has 0 saturated carbocycles. The van der Waals surface area contributed by atoms with Crippen LogP contribution in [0.5, 0.6) is 11.5 Å². The van der Waals surface area contributed by atoms with Crippen molar-refractivity contribution < 1.29 is 14.3 Å². The second-order valence-corrected chi connectivity index (χ2v) is 7.76. The van der Waals surface area contributed by atoms with Gasteiger partial charge in [-0.05, 0) is 18.6 Å². The summed E-state index contributed by atoms with van der Waals surface area (Å²) in [7, 11) is 6.91. The Labute approximate surface area is 187 Å². The first-order valence-electron chi connectivity index (χ1n) is 10.3. The van der Waals surface area contributed by atoms with Crippen molar-refractivity contribution in [3.05, 3.63) is 54.4 Å². The number of hydrogen-bond acceptors (Lipinski definition) is 8. The molecule has 1 aliphatic rings. The van der Waals surface area contributed by atoms with E-state index in [-0.39, 0.29) is 11.8 Å². The number of methoxy groups -OCH3 is 2. The van der Waals surface area contributed by atoms with Gasteiger partial charge in [-0.2, -0.15) is 0 Å². The van der Waals surface area contributed by atoms with Crippen LogP contribution in [-0.4, -0.2) is 72.1 Å². The maximum atomic E-state index is 13.4. The van der Waals surface area contributed by atoms with Crippen molar-refractivity contribution in [1.82, 2.24) is 24.8 Å². The zero-order chi connectivity index (χ0) is 22.7. The van der Waals surface area contributed by atoms with Gasteiger partial charge in [-0.15, -0.1) is 0 Å². The molecule has 32 heavy (non-hydrogen) atoms. The number of anilines is 1. The molecule has 1 amide bonds. The van der Waals surface area contributed by atoms with Gasteiger partial charge in [0.2, 0.25) is 5.95 Å². The van der Waals surface area contributed by atoms with Gasteiger partial charge in [0.15, 0.2) is 0 Å². The van der Waals surface area contributed by atoms with Crippen molar-refractivity contribution >= 4 is 11.9 Å². The summed E-state index contributed by atoms with van der Waals surface area (Å²) in [5.74, 6) is 1.55. The highest BCUT2D eigenvalue weighted by molar-refractivity contribution is 6.00. The minimum atomic E-state index is -0.117. The van der Waals surface area contributed by atoms with E-state index in [1.165, 1.54) is 6.33 Å². The molecule has 2 aromatic heterocycles. The molecule has 3 aromatic rings. The van der Waals surface area contributed by atoms with E-state index in [9.17, 15) is 4.79 Å². The fourth-order valence-electron chi connectivity index (χ4n) is 3.96. The summed E-state index contributed by atoms with van der Waals surface area (Å²) in [5, 5.41) is 0. The molecule has 0 N–H and O–H groups in total. The lowest BCUT2D eigenvalue weighted by atomic mass is 9.97. The molecule has 1 aliphatic heterocycles. The van der Waals surface area contributed by atoms with Crippen molar-refractivity contribution in [2.45, 2.75) is 12.3 Å². The van der Waals surface area contributed by atoms with Gasteiger partial charge in [0.1, 0.15) is 23.4 Å². The van der Waals surface area contributed by atoms with Crippen LogP contribution in [0.15, 0.2) is 43.1 Å². The summed E-state index contributed by atoms with van der Waals surface area (Å²) in [6.45, 7) is 1.14. The topological polar surface area (TPSA) is 93.6 Å². The molecule has 1 aromatic carbocycles. The van der Waals surface area contributed by atoms with Crippen molar-refractivity contribution in [1.29, 1.82) is 0 Å². The first-order chi connectivity index (χ1) is 15.5. The highest BCUT2D eigenvalue weighted by Crippen LogP contribution is 2.36. The molecule has 166 valence electrons. The molecule has 0 unspecified atom stereocenters. The molecule has 9 nitrogen and oxygen atoms in total. The molecule has 0 radical (unpaired) electrons. The van der Waals surface area contributed by atoms with Gasteiger partial charge < -0.3 is 19.3 Å². The molecule has 0 aliphatic carbocycles. The number of amides is 1. The highest BCUT2D eigenvalue weighted by atomic mass is 16.5. The zero-order valence-corrected chi connectivity index (χ0v) is 18.6. The Balaban J connectivity index is 1.67. The molecule has 9 heteroatoms. The van der Waals surface area contributed by atoms with Crippen LogP contribution in [-0.2, 0) is 0 Å². The maximum absolute atomic E-state index is 13.4. The van der Waals surface area contributed by atoms with Gasteiger partial charge in [-0.3, -0.25) is 4.79 Å². The van der Waals surface area contributed by atoms with Crippen LogP contribution >= 0.6 is 0 Å². The predicted molar refractivity (Wildman–Crippen MR) is 120 cm³/mol. The average molecular weight is 435 g/mol. The number of carbonyl (C=O) groups excluding carboxylic acids is 1. The van der Waals surface area contributed by atoms with Gasteiger partial charge in [0, 0.05) is 62.8 Å². The Morgan fingerprint density at radius 3 is 2.41 bits per heavy atom. The van der Waals surface area contributed by atoms with Crippen LogP contribution in [0.25, 0.3) is 11.1 Å². The number of aromatic nitrogens is 4. The first kappa shape index (κ1) is 21.5. The van der Waals surface area contributed by atoms with E-state index >= 15 is 0 Å². The van der Waals surface area contributed by atoms with E-state index < -0.39 is 0 Å². The van der Waals surface area contributed by atoms with E-state index in [1.807, 2.05) is 30.1 Å². The molecule has 1 atom stereocenters. The molecule has 3 heterocycles. The number of nitrogens with zero attached hydrogens (tertiary/aromatic N) is 6. The quantitative estimate of drug-likeness (QED) is 0.585. The van der Waals surface area contributed by atoms with Crippen LogP contribution in [0.3, 0.4) is 0 Å². The Kier molecular flexibility index (Phi) is 6.16. The second-order valence-electron chi connectivity index (χ2n) is 7.76. The highest BCUT2D eigenvalue weighted by Gasteiger charge is 2.33. The van der Waals surface area contributed by atoms with E-state index in [2.05, 4.69) is 15.0 Å². The third-order valence-corrected chi connectivity index (χ3v) is 5.58. The Hall–Kier alpha value is -3.75. The first-order valence-corrected chi connectivity index (χ1v) is 10.3. The van der Waals surface area contributed by atoms with Crippen molar-refractivity contribution in [2.75, 3.05) is 46.3 Å². The third-order valence-electron chi connectivity index (χ3n) is 5.58. The number of carbonyl (C=O) groups is 1. The smallest absolute Gasteiger partial charge is 0.261 e. The fraction of sp³-hybridized carbons (Fsp3) is 0.348. The van der Waals surface area contributed by atoms with Crippen molar-refractivity contribution in [2.24, 2.45) is 0 Å². The van der Waals surface area contributed by atoms with E-state index in [0.29, 0.717) is 36.1 Å². The van der Waals surface area contributed by atoms with Crippen LogP contribution in [0.1, 0.15) is 28.4 Å². The monoisotopic (exact) mass is 434 g/mol. The molecule has 0 spiro atoms. The molecule has 1 saturated heterocycles. The zero-order valence-electron chi connectivity index (χ0n) is 18.6. The van der Waals surface area contributed by atoms with Gasteiger partial charge in [0.25, 0.3) is 5.91 Å². The van der Waals surface area contributed by atoms with Crippen LogP contribution < -0.4 is 14.4 Å². The molecule has 0 bridgehead atoms. The minimum Gasteiger partial charge on any atom is -0.496 e. The van der Waals surface area contributed by atoms with Crippen LogP contribution in [0.4, 0.5) is 5.95 Å². The van der Waals surface area contributed by atoms with E-state index in [0.717, 1.165) is 23.2 Å². The van der Waals surface area contributed by atoms with Crippen molar-refractivity contribution in [3.8, 4) is 22.6 Å². The Bertz CT molecular complexity index is 1080. The third kappa shape index (κ3) is 4.05.